The second-order valence-electron chi connectivity index (χ2n) is 5.15. The Bertz CT molecular complexity index is 144. The third-order valence-corrected chi connectivity index (χ3v) is 3.14. The SMILES string of the molecule is CCCCCCCC(C)(O)CCNCCOC. The number of hydrogen-bond donors (Lipinski definition) is 2. The minimum atomic E-state index is -0.508. The second-order valence-corrected chi connectivity index (χ2v) is 5.15. The summed E-state index contributed by atoms with van der Waals surface area (Å²) in [5.74, 6) is 0. The molecule has 104 valence electrons. The van der Waals surface area contributed by atoms with E-state index in [1.807, 2.05) is 6.92 Å². The Hall–Kier alpha value is -0.120. The molecular weight excluding hydrogens is 214 g/mol. The maximum atomic E-state index is 10.2. The minimum absolute atomic E-state index is 0.508. The summed E-state index contributed by atoms with van der Waals surface area (Å²) >= 11 is 0. The molecule has 3 nitrogen and oxygen atoms in total. The summed E-state index contributed by atoms with van der Waals surface area (Å²) in [7, 11) is 1.70. The summed E-state index contributed by atoms with van der Waals surface area (Å²) in [5, 5.41) is 13.4. The summed E-state index contributed by atoms with van der Waals surface area (Å²) in [5.41, 5.74) is -0.508. The van der Waals surface area contributed by atoms with Gasteiger partial charge in [-0.2, -0.15) is 0 Å². The molecule has 17 heavy (non-hydrogen) atoms. The number of hydrogen-bond acceptors (Lipinski definition) is 3. The highest BCUT2D eigenvalue weighted by Gasteiger charge is 2.18. The Morgan fingerprint density at radius 3 is 2.41 bits per heavy atom. The van der Waals surface area contributed by atoms with E-state index in [4.69, 9.17) is 4.74 Å². The summed E-state index contributed by atoms with van der Waals surface area (Å²) in [6.45, 7) is 6.64. The molecule has 0 aliphatic carbocycles. The molecule has 0 aromatic rings. The number of methoxy groups -OCH3 is 1. The normalized spacial score (nSPS) is 14.8. The maximum absolute atomic E-state index is 10.2. The first kappa shape index (κ1) is 16.9. The van der Waals surface area contributed by atoms with Crippen molar-refractivity contribution in [2.45, 2.75) is 64.4 Å². The van der Waals surface area contributed by atoms with Crippen molar-refractivity contribution in [3.63, 3.8) is 0 Å². The number of ether oxygens (including phenoxy) is 1. The summed E-state index contributed by atoms with van der Waals surface area (Å²) in [6.07, 6.45) is 8.04. The van der Waals surface area contributed by atoms with Crippen molar-refractivity contribution in [2.75, 3.05) is 26.8 Å². The Labute approximate surface area is 107 Å². The molecule has 0 aliphatic heterocycles. The van der Waals surface area contributed by atoms with Crippen LogP contribution in [0.1, 0.15) is 58.8 Å². The van der Waals surface area contributed by atoms with Crippen molar-refractivity contribution in [3.8, 4) is 0 Å². The fourth-order valence-corrected chi connectivity index (χ4v) is 1.89. The van der Waals surface area contributed by atoms with E-state index in [-0.39, 0.29) is 0 Å². The molecule has 1 atom stereocenters. The third-order valence-electron chi connectivity index (χ3n) is 3.14. The van der Waals surface area contributed by atoms with Gasteiger partial charge < -0.3 is 15.2 Å². The second kappa shape index (κ2) is 11.0. The molecule has 0 amide bonds. The van der Waals surface area contributed by atoms with Gasteiger partial charge >= 0.3 is 0 Å². The highest BCUT2D eigenvalue weighted by Crippen LogP contribution is 2.18. The lowest BCUT2D eigenvalue weighted by Gasteiger charge is -2.23. The van der Waals surface area contributed by atoms with Crippen LogP contribution in [0.5, 0.6) is 0 Å². The number of nitrogens with one attached hydrogen (secondary N) is 1. The highest BCUT2D eigenvalue weighted by molar-refractivity contribution is 4.73. The number of unbranched alkanes of at least 4 members (excludes halogenated alkanes) is 4. The summed E-state index contributed by atoms with van der Waals surface area (Å²) in [4.78, 5) is 0. The van der Waals surface area contributed by atoms with Crippen LogP contribution in [-0.2, 0) is 4.74 Å². The summed E-state index contributed by atoms with van der Waals surface area (Å²) in [6, 6.07) is 0. The van der Waals surface area contributed by atoms with Crippen LogP contribution in [0.25, 0.3) is 0 Å². The van der Waals surface area contributed by atoms with Crippen LogP contribution in [-0.4, -0.2) is 37.5 Å². The van der Waals surface area contributed by atoms with E-state index in [0.29, 0.717) is 0 Å². The molecule has 0 spiro atoms. The predicted molar refractivity (Wildman–Crippen MR) is 73.4 cm³/mol. The van der Waals surface area contributed by atoms with Crippen LogP contribution in [0.2, 0.25) is 0 Å². The molecule has 0 fully saturated rings. The standard InChI is InChI=1S/C14H31NO2/c1-4-5-6-7-8-9-14(2,16)10-11-15-12-13-17-3/h15-16H,4-13H2,1-3H3. The van der Waals surface area contributed by atoms with Crippen LogP contribution in [0, 0.1) is 0 Å². The fourth-order valence-electron chi connectivity index (χ4n) is 1.89. The molecule has 0 aliphatic rings. The van der Waals surface area contributed by atoms with Crippen molar-refractivity contribution in [2.24, 2.45) is 0 Å². The lowest BCUT2D eigenvalue weighted by molar-refractivity contribution is 0.0392. The molecule has 0 aromatic heterocycles. The van der Waals surface area contributed by atoms with Crippen molar-refractivity contribution >= 4 is 0 Å². The monoisotopic (exact) mass is 245 g/mol. The van der Waals surface area contributed by atoms with E-state index < -0.39 is 5.60 Å². The lowest BCUT2D eigenvalue weighted by Crippen LogP contribution is -2.31. The van der Waals surface area contributed by atoms with E-state index >= 15 is 0 Å². The van der Waals surface area contributed by atoms with Gasteiger partial charge in [-0.3, -0.25) is 0 Å². The van der Waals surface area contributed by atoms with Crippen molar-refractivity contribution < 1.29 is 9.84 Å². The van der Waals surface area contributed by atoms with Crippen LogP contribution in [0.15, 0.2) is 0 Å². The first-order valence-corrected chi connectivity index (χ1v) is 7.04. The van der Waals surface area contributed by atoms with Gasteiger partial charge in [-0.05, 0) is 26.3 Å². The van der Waals surface area contributed by atoms with E-state index in [1.165, 1.54) is 25.7 Å². The van der Waals surface area contributed by atoms with Gasteiger partial charge in [0.05, 0.1) is 12.2 Å². The van der Waals surface area contributed by atoms with Crippen molar-refractivity contribution in [3.05, 3.63) is 0 Å². The van der Waals surface area contributed by atoms with Crippen LogP contribution >= 0.6 is 0 Å². The van der Waals surface area contributed by atoms with Crippen molar-refractivity contribution in [1.29, 1.82) is 0 Å². The topological polar surface area (TPSA) is 41.5 Å². The first-order valence-electron chi connectivity index (χ1n) is 7.04. The zero-order valence-electron chi connectivity index (χ0n) is 11.9. The molecule has 0 bridgehead atoms. The minimum Gasteiger partial charge on any atom is -0.390 e. The van der Waals surface area contributed by atoms with Gasteiger partial charge in [0, 0.05) is 13.7 Å². The van der Waals surface area contributed by atoms with Gasteiger partial charge in [0.2, 0.25) is 0 Å². The van der Waals surface area contributed by atoms with Crippen LogP contribution in [0.4, 0.5) is 0 Å². The van der Waals surface area contributed by atoms with Gasteiger partial charge in [0.25, 0.3) is 0 Å². The van der Waals surface area contributed by atoms with E-state index in [1.54, 1.807) is 7.11 Å². The molecular formula is C14H31NO2. The molecule has 3 heteroatoms. The maximum Gasteiger partial charge on any atom is 0.0631 e. The third kappa shape index (κ3) is 12.1. The predicted octanol–water partition coefficient (Wildman–Crippen LogP) is 2.72. The Kier molecular flexibility index (Phi) is 10.9. The Morgan fingerprint density at radius 1 is 1.06 bits per heavy atom. The van der Waals surface area contributed by atoms with Crippen molar-refractivity contribution in [1.82, 2.24) is 5.32 Å². The van der Waals surface area contributed by atoms with Crippen LogP contribution in [0.3, 0.4) is 0 Å². The van der Waals surface area contributed by atoms with Crippen LogP contribution < -0.4 is 5.32 Å². The molecule has 0 saturated heterocycles. The van der Waals surface area contributed by atoms with Gasteiger partial charge in [-0.25, -0.2) is 0 Å². The molecule has 0 saturated carbocycles. The van der Waals surface area contributed by atoms with E-state index in [9.17, 15) is 5.11 Å². The highest BCUT2D eigenvalue weighted by atomic mass is 16.5. The first-order chi connectivity index (χ1) is 8.12. The van der Waals surface area contributed by atoms with E-state index in [0.717, 1.165) is 39.0 Å². The average molecular weight is 245 g/mol. The summed E-state index contributed by atoms with van der Waals surface area (Å²) < 4.78 is 4.95. The molecule has 0 aromatic carbocycles. The number of aliphatic hydroxyl groups is 1. The van der Waals surface area contributed by atoms with Gasteiger partial charge in [0.15, 0.2) is 0 Å². The Morgan fingerprint density at radius 2 is 1.76 bits per heavy atom. The zero-order valence-corrected chi connectivity index (χ0v) is 11.9. The molecule has 2 N–H and O–H groups in total. The van der Waals surface area contributed by atoms with Gasteiger partial charge in [0.1, 0.15) is 0 Å². The van der Waals surface area contributed by atoms with E-state index in [2.05, 4.69) is 12.2 Å². The Balaban J connectivity index is 3.38. The average Bonchev–Trinajstić information content (AvgIpc) is 2.28. The molecule has 1 unspecified atom stereocenters. The molecule has 0 rings (SSSR count). The zero-order chi connectivity index (χ0) is 13.0. The quantitative estimate of drug-likeness (QED) is 0.519. The van der Waals surface area contributed by atoms with Gasteiger partial charge in [-0.1, -0.05) is 39.0 Å². The number of rotatable bonds is 12. The molecule has 0 radical (unpaired) electrons. The largest absolute Gasteiger partial charge is 0.390 e. The smallest absolute Gasteiger partial charge is 0.0631 e. The van der Waals surface area contributed by atoms with Gasteiger partial charge in [-0.15, -0.1) is 0 Å². The lowest BCUT2D eigenvalue weighted by atomic mass is 9.94. The molecule has 0 heterocycles. The fraction of sp³-hybridized carbons (Fsp3) is 1.00.